The molecule has 0 aliphatic carbocycles. The van der Waals surface area contributed by atoms with Crippen molar-refractivity contribution in [2.24, 2.45) is 5.11 Å². The highest BCUT2D eigenvalue weighted by molar-refractivity contribution is 5.66. The summed E-state index contributed by atoms with van der Waals surface area (Å²) >= 11 is 0. The van der Waals surface area contributed by atoms with E-state index in [-0.39, 0.29) is 6.61 Å². The maximum atomic E-state index is 11.4. The molecule has 0 radical (unpaired) electrons. The lowest BCUT2D eigenvalue weighted by Gasteiger charge is -2.41. The summed E-state index contributed by atoms with van der Waals surface area (Å²) in [6, 6.07) is 8.39. The van der Waals surface area contributed by atoms with Gasteiger partial charge in [0, 0.05) is 11.8 Å². The molecule has 2 rings (SSSR count). The highest BCUT2D eigenvalue weighted by Crippen LogP contribution is 2.28. The Morgan fingerprint density at radius 1 is 1.39 bits per heavy atom. The summed E-state index contributed by atoms with van der Waals surface area (Å²) in [7, 11) is 0. The maximum Gasteiger partial charge on any atom is 0.303 e. The van der Waals surface area contributed by atoms with Crippen LogP contribution in [0.1, 0.15) is 19.4 Å². The van der Waals surface area contributed by atoms with Crippen LogP contribution in [-0.2, 0) is 25.6 Å². The molecule has 1 N–H and O–H groups in total. The number of benzene rings is 1. The molecule has 1 aromatic carbocycles. The van der Waals surface area contributed by atoms with Gasteiger partial charge in [-0.2, -0.15) is 0 Å². The van der Waals surface area contributed by atoms with Crippen molar-refractivity contribution in [2.45, 2.75) is 51.1 Å². The SMILES string of the molecule is CC(=O)O[C@H]1[C@H](OCc2ccccc2)[C@@H](C)OC(O)[C@@H]1N=[N+]=[N-]. The summed E-state index contributed by atoms with van der Waals surface area (Å²) in [6.45, 7) is 3.21. The van der Waals surface area contributed by atoms with E-state index in [1.807, 2.05) is 30.3 Å². The second-order valence-corrected chi connectivity index (χ2v) is 5.26. The summed E-state index contributed by atoms with van der Waals surface area (Å²) < 4.78 is 16.4. The van der Waals surface area contributed by atoms with Gasteiger partial charge in [-0.05, 0) is 18.0 Å². The third kappa shape index (κ3) is 4.43. The minimum Gasteiger partial charge on any atom is -0.459 e. The second-order valence-electron chi connectivity index (χ2n) is 5.26. The number of aliphatic hydroxyl groups is 1. The fraction of sp³-hybridized carbons (Fsp3) is 0.533. The van der Waals surface area contributed by atoms with Gasteiger partial charge in [-0.1, -0.05) is 35.4 Å². The molecule has 0 amide bonds. The summed E-state index contributed by atoms with van der Waals surface area (Å²) in [6.07, 6.45) is -3.49. The average Bonchev–Trinajstić information content (AvgIpc) is 2.51. The number of esters is 1. The molecule has 0 spiro atoms. The van der Waals surface area contributed by atoms with Crippen molar-refractivity contribution in [3.05, 3.63) is 46.3 Å². The Labute approximate surface area is 133 Å². The topological polar surface area (TPSA) is 114 Å². The highest BCUT2D eigenvalue weighted by Gasteiger charge is 2.46. The Morgan fingerprint density at radius 3 is 2.70 bits per heavy atom. The fourth-order valence-corrected chi connectivity index (χ4v) is 2.51. The van der Waals surface area contributed by atoms with Gasteiger partial charge in [-0.25, -0.2) is 0 Å². The van der Waals surface area contributed by atoms with Gasteiger partial charge in [0.2, 0.25) is 0 Å². The smallest absolute Gasteiger partial charge is 0.303 e. The Hall–Kier alpha value is -2.12. The van der Waals surface area contributed by atoms with Crippen LogP contribution >= 0.6 is 0 Å². The van der Waals surface area contributed by atoms with E-state index < -0.39 is 36.6 Å². The Kier molecular flexibility index (Phi) is 5.95. The van der Waals surface area contributed by atoms with Crippen LogP contribution in [0.15, 0.2) is 35.4 Å². The van der Waals surface area contributed by atoms with Crippen LogP contribution in [0, 0.1) is 0 Å². The molecule has 8 heteroatoms. The molecule has 0 aromatic heterocycles. The van der Waals surface area contributed by atoms with Crippen molar-refractivity contribution >= 4 is 5.97 Å². The van der Waals surface area contributed by atoms with Gasteiger partial charge in [-0.3, -0.25) is 4.79 Å². The number of carbonyl (C=O) groups excluding carboxylic acids is 1. The van der Waals surface area contributed by atoms with Gasteiger partial charge in [-0.15, -0.1) is 0 Å². The first-order valence-corrected chi connectivity index (χ1v) is 7.23. The second kappa shape index (κ2) is 7.94. The molecule has 8 nitrogen and oxygen atoms in total. The number of rotatable bonds is 5. The Bertz CT molecular complexity index is 576. The van der Waals surface area contributed by atoms with Crippen molar-refractivity contribution in [3.63, 3.8) is 0 Å². The summed E-state index contributed by atoms with van der Waals surface area (Å²) in [5, 5.41) is 13.4. The van der Waals surface area contributed by atoms with E-state index in [0.29, 0.717) is 0 Å². The zero-order valence-electron chi connectivity index (χ0n) is 12.9. The predicted molar refractivity (Wildman–Crippen MR) is 80.1 cm³/mol. The highest BCUT2D eigenvalue weighted by atomic mass is 16.6. The molecule has 5 atom stereocenters. The van der Waals surface area contributed by atoms with E-state index in [9.17, 15) is 9.90 Å². The maximum absolute atomic E-state index is 11.4. The first-order chi connectivity index (χ1) is 11.0. The number of ether oxygens (including phenoxy) is 3. The quantitative estimate of drug-likeness (QED) is 0.385. The van der Waals surface area contributed by atoms with Crippen LogP contribution in [0.5, 0.6) is 0 Å². The van der Waals surface area contributed by atoms with Gasteiger partial charge in [0.25, 0.3) is 0 Å². The van der Waals surface area contributed by atoms with Crippen LogP contribution in [-0.4, -0.2) is 41.7 Å². The third-order valence-electron chi connectivity index (χ3n) is 3.54. The average molecular weight is 321 g/mol. The summed E-state index contributed by atoms with van der Waals surface area (Å²) in [5.41, 5.74) is 9.60. The molecule has 0 saturated carbocycles. The van der Waals surface area contributed by atoms with Crippen molar-refractivity contribution in [1.82, 2.24) is 0 Å². The molecular weight excluding hydrogens is 302 g/mol. The lowest BCUT2D eigenvalue weighted by molar-refractivity contribution is -0.254. The van der Waals surface area contributed by atoms with Crippen LogP contribution in [0.2, 0.25) is 0 Å². The molecular formula is C15H19N3O5. The van der Waals surface area contributed by atoms with Crippen LogP contribution in [0.3, 0.4) is 0 Å². The lowest BCUT2D eigenvalue weighted by Crippen LogP contribution is -2.58. The molecule has 124 valence electrons. The first kappa shape index (κ1) is 17.2. The molecule has 1 saturated heterocycles. The number of nitrogens with zero attached hydrogens (tertiary/aromatic N) is 3. The number of aliphatic hydroxyl groups excluding tert-OH is 1. The number of hydrogen-bond acceptors (Lipinski definition) is 6. The Morgan fingerprint density at radius 2 is 2.09 bits per heavy atom. The minimum atomic E-state index is -1.36. The van der Waals surface area contributed by atoms with Gasteiger partial charge in [0.05, 0.1) is 12.7 Å². The molecule has 1 unspecified atom stereocenters. The molecule has 1 aromatic rings. The fourth-order valence-electron chi connectivity index (χ4n) is 2.51. The van der Waals surface area contributed by atoms with E-state index in [1.54, 1.807) is 6.92 Å². The minimum absolute atomic E-state index is 0.274. The van der Waals surface area contributed by atoms with Crippen LogP contribution in [0.4, 0.5) is 0 Å². The zero-order valence-corrected chi connectivity index (χ0v) is 12.9. The predicted octanol–water partition coefficient (Wildman–Crippen LogP) is 1.92. The normalized spacial score (nSPS) is 30.3. The molecule has 23 heavy (non-hydrogen) atoms. The number of hydrogen-bond donors (Lipinski definition) is 1. The summed E-state index contributed by atoms with van der Waals surface area (Å²) in [5.74, 6) is -0.553. The van der Waals surface area contributed by atoms with Gasteiger partial charge >= 0.3 is 5.97 Å². The van der Waals surface area contributed by atoms with Gasteiger partial charge in [0.1, 0.15) is 18.2 Å². The molecule has 1 aliphatic heterocycles. The first-order valence-electron chi connectivity index (χ1n) is 7.23. The van der Waals surface area contributed by atoms with E-state index in [1.165, 1.54) is 6.92 Å². The molecule has 1 heterocycles. The van der Waals surface area contributed by atoms with Crippen molar-refractivity contribution in [2.75, 3.05) is 0 Å². The number of carbonyl (C=O) groups is 1. The lowest BCUT2D eigenvalue weighted by atomic mass is 9.97. The molecule has 1 fully saturated rings. The zero-order chi connectivity index (χ0) is 16.8. The standard InChI is InChI=1S/C15H19N3O5/c1-9-13(21-8-11-6-4-3-5-7-11)14(23-10(2)19)12(17-18-16)15(20)22-9/h3-7,9,12-15,20H,8H2,1-2H3/t9-,12-,13-,14-,15?/m1/s1. The Balaban J connectivity index is 2.17. The van der Waals surface area contributed by atoms with E-state index >= 15 is 0 Å². The monoisotopic (exact) mass is 321 g/mol. The van der Waals surface area contributed by atoms with Crippen molar-refractivity contribution in [3.8, 4) is 0 Å². The molecule has 0 bridgehead atoms. The van der Waals surface area contributed by atoms with Crippen molar-refractivity contribution in [1.29, 1.82) is 0 Å². The van der Waals surface area contributed by atoms with Crippen LogP contribution < -0.4 is 0 Å². The third-order valence-corrected chi connectivity index (χ3v) is 3.54. The largest absolute Gasteiger partial charge is 0.459 e. The number of azide groups is 1. The van der Waals surface area contributed by atoms with E-state index in [2.05, 4.69) is 10.0 Å². The van der Waals surface area contributed by atoms with E-state index in [0.717, 1.165) is 5.56 Å². The van der Waals surface area contributed by atoms with Crippen LogP contribution in [0.25, 0.3) is 10.4 Å². The summed E-state index contributed by atoms with van der Waals surface area (Å²) in [4.78, 5) is 14.0. The van der Waals surface area contributed by atoms with Gasteiger partial charge < -0.3 is 19.3 Å². The van der Waals surface area contributed by atoms with E-state index in [4.69, 9.17) is 19.7 Å². The van der Waals surface area contributed by atoms with Crippen molar-refractivity contribution < 1.29 is 24.1 Å². The molecule has 1 aliphatic rings. The van der Waals surface area contributed by atoms with Gasteiger partial charge in [0.15, 0.2) is 6.29 Å².